The van der Waals surface area contributed by atoms with Crippen molar-refractivity contribution in [2.45, 2.75) is 17.7 Å². The summed E-state index contributed by atoms with van der Waals surface area (Å²) in [5.41, 5.74) is 0.805. The van der Waals surface area contributed by atoms with E-state index in [0.29, 0.717) is 30.3 Å². The number of hydrogen-bond acceptors (Lipinski definition) is 5. The van der Waals surface area contributed by atoms with Crippen LogP contribution in [0.5, 0.6) is 11.5 Å². The van der Waals surface area contributed by atoms with Gasteiger partial charge in [0.2, 0.25) is 10.0 Å². The molecular formula is C19H23N3O5S. The van der Waals surface area contributed by atoms with E-state index in [1.807, 2.05) is 0 Å². The van der Waals surface area contributed by atoms with Crippen LogP contribution in [-0.2, 0) is 10.0 Å². The molecule has 3 rings (SSSR count). The number of ether oxygens (including phenoxy) is 2. The normalized spacial score (nSPS) is 14.5. The number of amides is 2. The van der Waals surface area contributed by atoms with E-state index >= 15 is 0 Å². The highest BCUT2D eigenvalue weighted by atomic mass is 32.2. The molecule has 0 radical (unpaired) electrons. The van der Waals surface area contributed by atoms with Crippen LogP contribution in [0.4, 0.5) is 16.2 Å². The minimum absolute atomic E-state index is 0.117. The first-order valence-electron chi connectivity index (χ1n) is 8.84. The number of carbonyl (C=O) groups excluding carboxylic acids is 1. The van der Waals surface area contributed by atoms with Gasteiger partial charge in [0.05, 0.1) is 24.8 Å². The summed E-state index contributed by atoms with van der Waals surface area (Å²) in [5.74, 6) is 0.968. The Morgan fingerprint density at radius 1 is 1.00 bits per heavy atom. The second kappa shape index (κ2) is 8.49. The number of carbonyl (C=O) groups is 1. The lowest BCUT2D eigenvalue weighted by Gasteiger charge is -2.17. The number of anilines is 2. The highest BCUT2D eigenvalue weighted by Gasteiger charge is 2.28. The maximum absolute atomic E-state index is 12.8. The quantitative estimate of drug-likeness (QED) is 0.770. The molecule has 0 bridgehead atoms. The van der Waals surface area contributed by atoms with E-state index in [1.54, 1.807) is 24.3 Å². The largest absolute Gasteiger partial charge is 0.497 e. The van der Waals surface area contributed by atoms with Crippen molar-refractivity contribution in [2.24, 2.45) is 0 Å². The topological polar surface area (TPSA) is 97.0 Å². The molecule has 0 aromatic heterocycles. The Hall–Kier alpha value is -2.78. The van der Waals surface area contributed by atoms with Crippen LogP contribution in [0.1, 0.15) is 12.8 Å². The van der Waals surface area contributed by atoms with Crippen LogP contribution in [0.3, 0.4) is 0 Å². The molecule has 2 aromatic carbocycles. The number of rotatable bonds is 6. The van der Waals surface area contributed by atoms with Crippen LogP contribution in [0.15, 0.2) is 47.4 Å². The second-order valence-electron chi connectivity index (χ2n) is 6.28. The Kier molecular flexibility index (Phi) is 6.05. The summed E-state index contributed by atoms with van der Waals surface area (Å²) in [6.45, 7) is 1.01. The molecule has 0 unspecified atom stereocenters. The van der Waals surface area contributed by atoms with E-state index in [4.69, 9.17) is 9.47 Å². The van der Waals surface area contributed by atoms with Gasteiger partial charge in [0.1, 0.15) is 11.5 Å². The lowest BCUT2D eigenvalue weighted by molar-refractivity contribution is 0.262. The Balaban J connectivity index is 1.81. The minimum atomic E-state index is -3.60. The SMILES string of the molecule is COc1cccc(NC(=O)Nc2cc(S(=O)(=O)N3CCCC3)ccc2OC)c1. The van der Waals surface area contributed by atoms with E-state index in [9.17, 15) is 13.2 Å². The summed E-state index contributed by atoms with van der Waals surface area (Å²) in [6.07, 6.45) is 1.70. The standard InChI is InChI=1S/C19H23N3O5S/c1-26-15-7-5-6-14(12-15)20-19(23)21-17-13-16(8-9-18(17)27-2)28(24,25)22-10-3-4-11-22/h5-9,12-13H,3-4,10-11H2,1-2H3,(H2,20,21,23). The first-order valence-corrected chi connectivity index (χ1v) is 10.3. The first-order chi connectivity index (χ1) is 13.4. The molecule has 1 fully saturated rings. The van der Waals surface area contributed by atoms with E-state index in [0.717, 1.165) is 12.8 Å². The van der Waals surface area contributed by atoms with E-state index < -0.39 is 16.1 Å². The molecule has 1 aliphatic heterocycles. The number of hydrogen-bond donors (Lipinski definition) is 2. The number of nitrogens with zero attached hydrogens (tertiary/aromatic N) is 1. The average Bonchev–Trinajstić information content (AvgIpc) is 3.23. The molecule has 0 atom stereocenters. The van der Waals surface area contributed by atoms with Crippen molar-refractivity contribution in [2.75, 3.05) is 37.9 Å². The van der Waals surface area contributed by atoms with Gasteiger partial charge < -0.3 is 20.1 Å². The zero-order valence-corrected chi connectivity index (χ0v) is 16.6. The molecule has 1 heterocycles. The summed E-state index contributed by atoms with van der Waals surface area (Å²) in [7, 11) is -0.609. The van der Waals surface area contributed by atoms with E-state index in [2.05, 4.69) is 10.6 Å². The molecular weight excluding hydrogens is 382 g/mol. The highest BCUT2D eigenvalue weighted by molar-refractivity contribution is 7.89. The van der Waals surface area contributed by atoms with Crippen molar-refractivity contribution in [1.29, 1.82) is 0 Å². The van der Waals surface area contributed by atoms with Gasteiger partial charge in [-0.2, -0.15) is 4.31 Å². The summed E-state index contributed by atoms with van der Waals surface area (Å²) >= 11 is 0. The van der Waals surface area contributed by atoms with E-state index in [1.165, 1.54) is 36.7 Å². The predicted octanol–water partition coefficient (Wildman–Crippen LogP) is 3.13. The van der Waals surface area contributed by atoms with Gasteiger partial charge in [0.15, 0.2) is 0 Å². The fourth-order valence-electron chi connectivity index (χ4n) is 3.01. The highest BCUT2D eigenvalue weighted by Crippen LogP contribution is 2.30. The van der Waals surface area contributed by atoms with Crippen molar-refractivity contribution in [1.82, 2.24) is 4.31 Å². The van der Waals surface area contributed by atoms with Gasteiger partial charge in [-0.3, -0.25) is 0 Å². The van der Waals surface area contributed by atoms with Crippen LogP contribution in [0, 0.1) is 0 Å². The van der Waals surface area contributed by atoms with Crippen molar-refractivity contribution < 1.29 is 22.7 Å². The van der Waals surface area contributed by atoms with Gasteiger partial charge >= 0.3 is 6.03 Å². The molecule has 2 aromatic rings. The van der Waals surface area contributed by atoms with Gasteiger partial charge in [-0.25, -0.2) is 13.2 Å². The number of urea groups is 1. The summed E-state index contributed by atoms with van der Waals surface area (Å²) in [6, 6.07) is 10.8. The Morgan fingerprint density at radius 2 is 1.75 bits per heavy atom. The predicted molar refractivity (Wildman–Crippen MR) is 107 cm³/mol. The molecule has 1 aliphatic rings. The van der Waals surface area contributed by atoms with E-state index in [-0.39, 0.29) is 10.6 Å². The molecule has 0 spiro atoms. The van der Waals surface area contributed by atoms with Crippen LogP contribution in [0.25, 0.3) is 0 Å². The molecule has 1 saturated heterocycles. The monoisotopic (exact) mass is 405 g/mol. The molecule has 2 N–H and O–H groups in total. The minimum Gasteiger partial charge on any atom is -0.497 e. The zero-order chi connectivity index (χ0) is 20.1. The molecule has 0 aliphatic carbocycles. The smallest absolute Gasteiger partial charge is 0.323 e. The lowest BCUT2D eigenvalue weighted by Crippen LogP contribution is -2.28. The molecule has 2 amide bonds. The third kappa shape index (κ3) is 4.37. The Morgan fingerprint density at radius 3 is 2.43 bits per heavy atom. The van der Waals surface area contributed by atoms with Crippen LogP contribution < -0.4 is 20.1 Å². The fraction of sp³-hybridized carbons (Fsp3) is 0.316. The molecule has 8 nitrogen and oxygen atoms in total. The number of nitrogens with one attached hydrogen (secondary N) is 2. The fourth-order valence-corrected chi connectivity index (χ4v) is 4.55. The third-order valence-corrected chi connectivity index (χ3v) is 6.34. The van der Waals surface area contributed by atoms with Gasteiger partial charge in [-0.15, -0.1) is 0 Å². The van der Waals surface area contributed by atoms with Crippen LogP contribution in [-0.4, -0.2) is 46.1 Å². The van der Waals surface area contributed by atoms with Crippen LogP contribution in [0.2, 0.25) is 0 Å². The third-order valence-electron chi connectivity index (χ3n) is 4.45. The van der Waals surface area contributed by atoms with Crippen LogP contribution >= 0.6 is 0 Å². The molecule has 28 heavy (non-hydrogen) atoms. The molecule has 150 valence electrons. The summed E-state index contributed by atoms with van der Waals surface area (Å²) in [5, 5.41) is 5.34. The van der Waals surface area contributed by atoms with Gasteiger partial charge in [0, 0.05) is 24.8 Å². The van der Waals surface area contributed by atoms with Crippen molar-refractivity contribution in [3.8, 4) is 11.5 Å². The van der Waals surface area contributed by atoms with Crippen molar-refractivity contribution in [3.05, 3.63) is 42.5 Å². The maximum atomic E-state index is 12.8. The number of methoxy groups -OCH3 is 2. The summed E-state index contributed by atoms with van der Waals surface area (Å²) in [4.78, 5) is 12.5. The molecule has 0 saturated carbocycles. The number of sulfonamides is 1. The first kappa shape index (κ1) is 20.0. The zero-order valence-electron chi connectivity index (χ0n) is 15.8. The van der Waals surface area contributed by atoms with Gasteiger partial charge in [-0.05, 0) is 43.2 Å². The molecule has 9 heteroatoms. The Bertz CT molecular complexity index is 956. The van der Waals surface area contributed by atoms with Crippen molar-refractivity contribution in [3.63, 3.8) is 0 Å². The maximum Gasteiger partial charge on any atom is 0.323 e. The number of benzene rings is 2. The average molecular weight is 405 g/mol. The summed E-state index contributed by atoms with van der Waals surface area (Å²) < 4.78 is 37.4. The Labute approximate surface area is 164 Å². The lowest BCUT2D eigenvalue weighted by atomic mass is 10.3. The second-order valence-corrected chi connectivity index (χ2v) is 8.22. The van der Waals surface area contributed by atoms with Crippen molar-refractivity contribution >= 4 is 27.4 Å². The van der Waals surface area contributed by atoms with Gasteiger partial charge in [0.25, 0.3) is 0 Å². The van der Waals surface area contributed by atoms with Gasteiger partial charge in [-0.1, -0.05) is 6.07 Å².